The lowest BCUT2D eigenvalue weighted by Crippen LogP contribution is -2.54. The smallest absolute Gasteiger partial charge is 0.150 e. The van der Waals surface area contributed by atoms with Gasteiger partial charge in [-0.3, -0.25) is 0 Å². The lowest BCUT2D eigenvalue weighted by Gasteiger charge is -2.43. The fraction of sp³-hybridized carbons (Fsp3) is 0.500. The van der Waals surface area contributed by atoms with Crippen LogP contribution in [0.2, 0.25) is 0 Å². The Morgan fingerprint density at radius 3 is 2.52 bits per heavy atom. The number of nitrogens with zero attached hydrogens (tertiary/aromatic N) is 1. The van der Waals surface area contributed by atoms with Crippen molar-refractivity contribution in [1.82, 2.24) is 0 Å². The van der Waals surface area contributed by atoms with Crippen molar-refractivity contribution in [3.8, 4) is 0 Å². The molecule has 0 aromatic heterocycles. The first kappa shape index (κ1) is 16.1. The maximum absolute atomic E-state index is 14.2. The van der Waals surface area contributed by atoms with Crippen molar-refractivity contribution in [3.05, 3.63) is 29.3 Å². The van der Waals surface area contributed by atoms with Crippen molar-refractivity contribution in [3.63, 3.8) is 0 Å². The monoisotopic (exact) mass is 316 g/mol. The number of nitrogens with two attached hydrogens (primary N) is 1. The van der Waals surface area contributed by atoms with E-state index in [1.807, 2.05) is 0 Å². The second-order valence-corrected chi connectivity index (χ2v) is 6.16. The number of hydrogen-bond donors (Lipinski definition) is 2. The number of hydrogen-bond acceptors (Lipinski definition) is 4. The average molecular weight is 316 g/mol. The molecule has 0 bridgehead atoms. The summed E-state index contributed by atoms with van der Waals surface area (Å²) in [5.41, 5.74) is 4.78. The number of halogens is 2. The van der Waals surface area contributed by atoms with Crippen LogP contribution in [0.5, 0.6) is 0 Å². The second kappa shape index (κ2) is 5.82. The molecular formula is C14H18F2N2O2S. The Bertz CT molecular complexity index is 543. The number of rotatable bonds is 3. The lowest BCUT2D eigenvalue weighted by molar-refractivity contribution is -0.101. The molecule has 116 valence electrons. The van der Waals surface area contributed by atoms with Crippen molar-refractivity contribution in [2.45, 2.75) is 25.6 Å². The first-order chi connectivity index (χ1) is 9.73. The maximum atomic E-state index is 14.2. The molecule has 2 rings (SSSR count). The number of ether oxygens (including phenoxy) is 1. The molecule has 0 saturated carbocycles. The summed E-state index contributed by atoms with van der Waals surface area (Å²) < 4.78 is 34.1. The first-order valence-corrected chi connectivity index (χ1v) is 6.97. The summed E-state index contributed by atoms with van der Waals surface area (Å²) in [5.74, 6) is -1.46. The Balaban J connectivity index is 2.39. The van der Waals surface area contributed by atoms with Gasteiger partial charge in [0.25, 0.3) is 0 Å². The SMILES string of the molecule is CC1(C)CN(c2c(F)cc(C(N)=S)cc2F)CC(CO)O1. The summed E-state index contributed by atoms with van der Waals surface area (Å²) in [6.45, 7) is 3.92. The number of thiocarbonyl (C=S) groups is 1. The van der Waals surface area contributed by atoms with Crippen LogP contribution in [0.1, 0.15) is 19.4 Å². The maximum Gasteiger partial charge on any atom is 0.150 e. The zero-order valence-electron chi connectivity index (χ0n) is 11.9. The van der Waals surface area contributed by atoms with Gasteiger partial charge in [-0.15, -0.1) is 0 Å². The standard InChI is InChI=1S/C14H18F2N2O2S/c1-14(2)7-18(5-9(6-19)20-14)12-10(15)3-8(13(17)21)4-11(12)16/h3-4,9,19H,5-7H2,1-2H3,(H2,17,21). The van der Waals surface area contributed by atoms with Crippen LogP contribution in [-0.4, -0.2) is 41.5 Å². The van der Waals surface area contributed by atoms with Gasteiger partial charge in [0.15, 0.2) is 0 Å². The molecule has 4 nitrogen and oxygen atoms in total. The molecule has 1 unspecified atom stereocenters. The van der Waals surface area contributed by atoms with Crippen molar-refractivity contribution in [1.29, 1.82) is 0 Å². The van der Waals surface area contributed by atoms with Crippen LogP contribution in [0.25, 0.3) is 0 Å². The average Bonchev–Trinajstić information content (AvgIpc) is 2.35. The Hall–Kier alpha value is -1.31. The van der Waals surface area contributed by atoms with Crippen LogP contribution >= 0.6 is 12.2 Å². The van der Waals surface area contributed by atoms with E-state index in [-0.39, 0.29) is 29.4 Å². The van der Waals surface area contributed by atoms with Crippen molar-refractivity contribution < 1.29 is 18.6 Å². The third-order valence-electron chi connectivity index (χ3n) is 3.30. The highest BCUT2D eigenvalue weighted by Gasteiger charge is 2.35. The summed E-state index contributed by atoms with van der Waals surface area (Å²) in [5, 5.41) is 9.27. The van der Waals surface area contributed by atoms with Crippen LogP contribution in [-0.2, 0) is 4.74 Å². The number of aliphatic hydroxyl groups is 1. The van der Waals surface area contributed by atoms with Gasteiger partial charge in [-0.2, -0.15) is 0 Å². The van der Waals surface area contributed by atoms with E-state index in [0.29, 0.717) is 6.54 Å². The van der Waals surface area contributed by atoms with Gasteiger partial charge < -0.3 is 20.5 Å². The zero-order chi connectivity index (χ0) is 15.8. The minimum atomic E-state index is -0.729. The molecule has 1 aromatic carbocycles. The molecule has 21 heavy (non-hydrogen) atoms. The number of aliphatic hydroxyl groups excluding tert-OH is 1. The molecule has 7 heteroatoms. The van der Waals surface area contributed by atoms with Crippen molar-refractivity contribution in [2.24, 2.45) is 5.73 Å². The van der Waals surface area contributed by atoms with Gasteiger partial charge in [-0.25, -0.2) is 8.78 Å². The molecule has 0 aliphatic carbocycles. The molecule has 1 aromatic rings. The molecule has 1 heterocycles. The largest absolute Gasteiger partial charge is 0.394 e. The Kier molecular flexibility index (Phi) is 4.46. The van der Waals surface area contributed by atoms with Gasteiger partial charge in [0.1, 0.15) is 22.3 Å². The highest BCUT2D eigenvalue weighted by atomic mass is 32.1. The first-order valence-electron chi connectivity index (χ1n) is 6.56. The molecular weight excluding hydrogens is 298 g/mol. The molecule has 3 N–H and O–H groups in total. The van der Waals surface area contributed by atoms with Gasteiger partial charge in [0, 0.05) is 18.7 Å². The molecule has 1 fully saturated rings. The summed E-state index contributed by atoms with van der Waals surface area (Å²) in [7, 11) is 0. The minimum Gasteiger partial charge on any atom is -0.394 e. The van der Waals surface area contributed by atoms with E-state index in [0.717, 1.165) is 12.1 Å². The highest BCUT2D eigenvalue weighted by Crippen LogP contribution is 2.30. The topological polar surface area (TPSA) is 58.7 Å². The van der Waals surface area contributed by atoms with E-state index >= 15 is 0 Å². The van der Waals surface area contributed by atoms with E-state index in [2.05, 4.69) is 0 Å². The molecule has 1 aliphatic rings. The number of anilines is 1. The predicted molar refractivity (Wildman–Crippen MR) is 80.5 cm³/mol. The molecule has 1 atom stereocenters. The summed E-state index contributed by atoms with van der Waals surface area (Å²) in [4.78, 5) is 1.48. The summed E-state index contributed by atoms with van der Waals surface area (Å²) in [6.07, 6.45) is -0.497. The van der Waals surface area contributed by atoms with Gasteiger partial charge in [0.2, 0.25) is 0 Å². The molecule has 0 amide bonds. The molecule has 1 aliphatic heterocycles. The number of morpholine rings is 1. The fourth-order valence-corrected chi connectivity index (χ4v) is 2.69. The Morgan fingerprint density at radius 2 is 2.05 bits per heavy atom. The summed E-state index contributed by atoms with van der Waals surface area (Å²) >= 11 is 4.73. The van der Waals surface area contributed by atoms with Gasteiger partial charge >= 0.3 is 0 Å². The summed E-state index contributed by atoms with van der Waals surface area (Å²) in [6, 6.07) is 2.24. The van der Waals surface area contributed by atoms with Crippen LogP contribution in [0.3, 0.4) is 0 Å². The van der Waals surface area contributed by atoms with Gasteiger partial charge in [0.05, 0.1) is 18.3 Å². The Morgan fingerprint density at radius 1 is 1.48 bits per heavy atom. The Labute approximate surface area is 127 Å². The molecule has 0 radical (unpaired) electrons. The highest BCUT2D eigenvalue weighted by molar-refractivity contribution is 7.80. The minimum absolute atomic E-state index is 0.0603. The zero-order valence-corrected chi connectivity index (χ0v) is 12.7. The fourth-order valence-electron chi connectivity index (χ4n) is 2.57. The van der Waals surface area contributed by atoms with Crippen LogP contribution in [0.15, 0.2) is 12.1 Å². The van der Waals surface area contributed by atoms with E-state index in [1.54, 1.807) is 18.7 Å². The van der Waals surface area contributed by atoms with Crippen molar-refractivity contribution >= 4 is 22.9 Å². The van der Waals surface area contributed by atoms with Gasteiger partial charge in [-0.05, 0) is 26.0 Å². The van der Waals surface area contributed by atoms with Crippen LogP contribution in [0.4, 0.5) is 14.5 Å². The van der Waals surface area contributed by atoms with E-state index < -0.39 is 23.3 Å². The van der Waals surface area contributed by atoms with Crippen LogP contribution in [0, 0.1) is 11.6 Å². The van der Waals surface area contributed by atoms with Gasteiger partial charge in [-0.1, -0.05) is 12.2 Å². The second-order valence-electron chi connectivity index (χ2n) is 5.72. The quantitative estimate of drug-likeness (QED) is 0.829. The third-order valence-corrected chi connectivity index (χ3v) is 3.54. The van der Waals surface area contributed by atoms with E-state index in [1.165, 1.54) is 0 Å². The predicted octanol–water partition coefficient (Wildman–Crippen LogP) is 1.58. The number of benzene rings is 1. The van der Waals surface area contributed by atoms with Crippen molar-refractivity contribution in [2.75, 3.05) is 24.6 Å². The van der Waals surface area contributed by atoms with Crippen LogP contribution < -0.4 is 10.6 Å². The van der Waals surface area contributed by atoms with E-state index in [9.17, 15) is 13.9 Å². The van der Waals surface area contributed by atoms with E-state index in [4.69, 9.17) is 22.7 Å². The third kappa shape index (κ3) is 3.48. The normalized spacial score (nSPS) is 21.4. The molecule has 0 spiro atoms. The molecule has 1 saturated heterocycles. The lowest BCUT2D eigenvalue weighted by atomic mass is 10.0.